The molecule has 0 N–H and O–H groups in total. The average Bonchev–Trinajstić information content (AvgIpc) is 0.673. The summed E-state index contributed by atoms with van der Waals surface area (Å²) in [5.41, 5.74) is 28.6. The number of ether oxygens (including phenoxy) is 1. The van der Waals surface area contributed by atoms with E-state index in [0.717, 1.165) is 68.1 Å². The van der Waals surface area contributed by atoms with E-state index in [0.29, 0.717) is 0 Å². The van der Waals surface area contributed by atoms with Crippen molar-refractivity contribution in [2.24, 2.45) is 0 Å². The van der Waals surface area contributed by atoms with E-state index in [1.807, 2.05) is 11.8 Å². The van der Waals surface area contributed by atoms with Crippen molar-refractivity contribution in [3.8, 4) is 22.6 Å². The molecule has 122 heavy (non-hydrogen) atoms. The lowest BCUT2D eigenvalue weighted by molar-refractivity contribution is 0.488. The van der Waals surface area contributed by atoms with Gasteiger partial charge in [-0.05, 0) is 239 Å². The Kier molecular flexibility index (Phi) is 17.4. The minimum Gasteiger partial charge on any atom is -0.458 e. The Labute approximate surface area is 726 Å². The molecule has 16 aromatic rings. The van der Waals surface area contributed by atoms with Gasteiger partial charge >= 0.3 is 0 Å². The molecule has 6 aliphatic rings. The van der Waals surface area contributed by atoms with E-state index in [-0.39, 0.29) is 35.1 Å². The lowest BCUT2D eigenvalue weighted by Crippen LogP contribution is -2.88. The molecule has 22 rings (SSSR count). The van der Waals surface area contributed by atoms with Gasteiger partial charge < -0.3 is 24.3 Å². The Morgan fingerprint density at radius 2 is 0.615 bits per heavy atom. The monoisotopic (exact) mass is 1620 g/mol. The number of rotatable bonds is 13. The molecule has 0 saturated heterocycles. The predicted molar refractivity (Wildman–Crippen MR) is 526 cm³/mol. The van der Waals surface area contributed by atoms with Crippen LogP contribution in [-0.2, 0) is 21.7 Å². The summed E-state index contributed by atoms with van der Waals surface area (Å²) in [6.45, 7) is 28.2. The molecule has 0 bridgehead atoms. The maximum absolute atomic E-state index is 7.80. The summed E-state index contributed by atoms with van der Waals surface area (Å²) in [5, 5.41) is 11.1. The Bertz CT molecular complexity index is 6780. The third-order valence-corrected chi connectivity index (χ3v) is 37.9. The minimum absolute atomic E-state index is 0.0420. The molecule has 1 atom stereocenters. The number of nitrogens with zero attached hydrogens (tertiary/aromatic N) is 4. The maximum atomic E-state index is 7.80. The van der Waals surface area contributed by atoms with Crippen molar-refractivity contribution in [1.82, 2.24) is 0 Å². The quantitative estimate of drug-likeness (QED) is 0.107. The van der Waals surface area contributed by atoms with E-state index >= 15 is 0 Å². The van der Waals surface area contributed by atoms with Gasteiger partial charge in [-0.3, -0.25) is 0 Å². The third kappa shape index (κ3) is 11.6. The fourth-order valence-electron chi connectivity index (χ4n) is 21.3. The van der Waals surface area contributed by atoms with Crippen molar-refractivity contribution in [1.29, 1.82) is 0 Å². The molecule has 0 fully saturated rings. The Morgan fingerprint density at radius 1 is 0.254 bits per heavy atom. The standard InChI is InChI=1S/C112H96B2N4OSSi2/c1-109(2,3)75-63-76(110(4,5)6)66-83(65-75)117-91-53-33-57-99-105(91)113-103-93(117)69-85(71-96(103)119-95-55-35-59-101(107(95)113)121(99,87-46-25-16-26-47-87)88-48-27-17-28-49-88)116(81-43-23-15-24-44-81)82-45-31-37-73(61-82)74-38-32-52-90(62-74)122(89-50-29-18-30-51-89)100-58-34-54-92-106(100)114-104-94(118(92)84-67-77(111(7,8)9)64-78(68-84)112(10,11)12)70-86(72-98(104)120-97-56-36-60-102(122)108(97)114)115(79-39-19-13-20-40-79)80-41-21-14-22-42-80/h13-72H,1-12H3. The Morgan fingerprint density at radius 3 is 1.09 bits per heavy atom. The second-order valence-electron chi connectivity index (χ2n) is 38.3. The fourth-order valence-corrected chi connectivity index (χ4v) is 33.2. The molecule has 6 aliphatic heterocycles. The summed E-state index contributed by atoms with van der Waals surface area (Å²) in [6.07, 6.45) is 0. The second-order valence-corrected chi connectivity index (χ2v) is 46.9. The van der Waals surface area contributed by atoms with Gasteiger partial charge in [-0.25, -0.2) is 0 Å². The molecule has 0 aromatic heterocycles. The van der Waals surface area contributed by atoms with Gasteiger partial charge in [0.05, 0.1) is 5.69 Å². The van der Waals surface area contributed by atoms with E-state index in [1.54, 1.807) is 0 Å². The second kappa shape index (κ2) is 28.0. The van der Waals surface area contributed by atoms with Gasteiger partial charge in [0.2, 0.25) is 6.71 Å². The maximum Gasteiger partial charge on any atom is 0.256 e. The Balaban J connectivity index is 0.745. The number of benzene rings is 16. The summed E-state index contributed by atoms with van der Waals surface area (Å²) in [5.74, 6) is 1.79. The molecule has 0 radical (unpaired) electrons. The van der Waals surface area contributed by atoms with Crippen LogP contribution in [0.1, 0.15) is 105 Å². The number of hydrogen-bond donors (Lipinski definition) is 0. The van der Waals surface area contributed by atoms with Crippen molar-refractivity contribution in [3.63, 3.8) is 0 Å². The fraction of sp³-hybridized carbons (Fsp3) is 0.143. The molecule has 6 heterocycles. The number of para-hydroxylation sites is 3. The van der Waals surface area contributed by atoms with Gasteiger partial charge in [0.1, 0.15) is 11.5 Å². The van der Waals surface area contributed by atoms with Crippen LogP contribution in [0.3, 0.4) is 0 Å². The first-order valence-corrected chi connectivity index (χ1v) is 48.2. The molecule has 5 nitrogen and oxygen atoms in total. The van der Waals surface area contributed by atoms with E-state index in [1.165, 1.54) is 129 Å². The van der Waals surface area contributed by atoms with E-state index in [4.69, 9.17) is 4.74 Å². The first-order chi connectivity index (χ1) is 59.0. The molecule has 0 amide bonds. The smallest absolute Gasteiger partial charge is 0.256 e. The van der Waals surface area contributed by atoms with Crippen LogP contribution in [0.2, 0.25) is 0 Å². The molecular formula is C112H96B2N4OSSi2. The normalized spacial score (nSPS) is 15.3. The molecule has 1 unspecified atom stereocenters. The van der Waals surface area contributed by atoms with Crippen LogP contribution in [0.15, 0.2) is 374 Å². The summed E-state index contributed by atoms with van der Waals surface area (Å²) in [6, 6.07) is 140. The number of anilines is 12. The lowest BCUT2D eigenvalue weighted by Gasteiger charge is -2.49. The van der Waals surface area contributed by atoms with Crippen LogP contribution in [0.4, 0.5) is 68.2 Å². The van der Waals surface area contributed by atoms with Crippen molar-refractivity contribution in [3.05, 3.63) is 386 Å². The van der Waals surface area contributed by atoms with Crippen LogP contribution in [0.5, 0.6) is 11.5 Å². The summed E-state index contributed by atoms with van der Waals surface area (Å²) in [4.78, 5) is 12.9. The molecule has 0 saturated carbocycles. The summed E-state index contributed by atoms with van der Waals surface area (Å²) in [7, 11) is -6.41. The van der Waals surface area contributed by atoms with Crippen molar-refractivity contribution in [2.45, 2.75) is 115 Å². The predicted octanol–water partition coefficient (Wildman–Crippen LogP) is 20.0. The van der Waals surface area contributed by atoms with Crippen LogP contribution in [0, 0.1) is 0 Å². The van der Waals surface area contributed by atoms with Crippen LogP contribution < -0.4 is 98.6 Å². The van der Waals surface area contributed by atoms with Gasteiger partial charge in [0.25, 0.3) is 6.71 Å². The van der Waals surface area contributed by atoms with Gasteiger partial charge in [-0.15, -0.1) is 0 Å². The van der Waals surface area contributed by atoms with E-state index in [9.17, 15) is 0 Å². The highest BCUT2D eigenvalue weighted by molar-refractivity contribution is 8.00. The molecular weight excluding hydrogens is 1530 g/mol. The van der Waals surface area contributed by atoms with Crippen LogP contribution in [0.25, 0.3) is 11.1 Å². The summed E-state index contributed by atoms with van der Waals surface area (Å²) < 4.78 is 7.80. The van der Waals surface area contributed by atoms with Crippen molar-refractivity contribution in [2.75, 3.05) is 19.6 Å². The van der Waals surface area contributed by atoms with Gasteiger partial charge in [-0.1, -0.05) is 343 Å². The van der Waals surface area contributed by atoms with E-state index in [2.05, 4.69) is 467 Å². The van der Waals surface area contributed by atoms with Crippen LogP contribution in [-0.4, -0.2) is 29.6 Å². The summed E-state index contributed by atoms with van der Waals surface area (Å²) >= 11 is 1.96. The zero-order valence-corrected chi connectivity index (χ0v) is 74.2. The van der Waals surface area contributed by atoms with Crippen LogP contribution >= 0.6 is 11.8 Å². The molecule has 0 aliphatic carbocycles. The SMILES string of the molecule is CC(C)(C)c1cc(N2c3cc(N(c4ccccc4)c4cccc(-c5cccc([Si]6(c7ccccc7)c7cccc8c7B7c9c(cc(N(c%10ccccc%10)c%10ccccc%10)cc9N(c9cc(C(C)(C)C)cc(C(C)(C)C)c9)c9cccc6c97)S8)c5)c4)cc4c3B3c5c(cccc5[Si](c5ccccc5)(c5ccccc5)c5cccc2c53)O4)cc(C(C)(C)C)c1. The largest absolute Gasteiger partial charge is 0.458 e. The van der Waals surface area contributed by atoms with Crippen molar-refractivity contribution < 1.29 is 4.74 Å². The average molecular weight is 1620 g/mol. The third-order valence-electron chi connectivity index (χ3n) is 27.0. The first-order valence-electron chi connectivity index (χ1n) is 43.3. The molecule has 0 spiro atoms. The van der Waals surface area contributed by atoms with Gasteiger partial charge in [0.15, 0.2) is 16.1 Å². The topological polar surface area (TPSA) is 22.2 Å². The first kappa shape index (κ1) is 75.6. The molecule has 16 aromatic carbocycles. The zero-order chi connectivity index (χ0) is 83.1. The molecule has 10 heteroatoms. The highest BCUT2D eigenvalue weighted by Crippen LogP contribution is 2.52. The van der Waals surface area contributed by atoms with Crippen molar-refractivity contribution >= 4 is 184 Å². The Hall–Kier alpha value is -12.6. The van der Waals surface area contributed by atoms with E-state index < -0.39 is 16.1 Å². The molecule has 590 valence electrons. The highest BCUT2D eigenvalue weighted by atomic mass is 32.2. The minimum atomic E-state index is -3.35. The zero-order valence-electron chi connectivity index (χ0n) is 71.4. The van der Waals surface area contributed by atoms with Gasteiger partial charge in [-0.2, -0.15) is 0 Å². The lowest BCUT2D eigenvalue weighted by atomic mass is 9.34. The highest BCUT2D eigenvalue weighted by Gasteiger charge is 2.58. The number of hydrogen-bond acceptors (Lipinski definition) is 6. The van der Waals surface area contributed by atoms with Gasteiger partial charge in [0, 0.05) is 78.4 Å².